The van der Waals surface area contributed by atoms with Gasteiger partial charge in [0.25, 0.3) is 0 Å². The topological polar surface area (TPSA) is 464 Å². The summed E-state index contributed by atoms with van der Waals surface area (Å²) < 4.78 is 45.3. The summed E-state index contributed by atoms with van der Waals surface area (Å²) in [6.45, 7) is 4.26. The van der Waals surface area contributed by atoms with Gasteiger partial charge in [-0.15, -0.1) is 0 Å². The molecule has 5 heterocycles. The second kappa shape index (κ2) is 35.3. The largest absolute Gasteiger partial charge is 0.469 e. The third kappa shape index (κ3) is 21.4. The normalized spacial score (nSPS) is 47.3. The Morgan fingerprint density at radius 3 is 1.83 bits per heavy atom. The summed E-state index contributed by atoms with van der Waals surface area (Å²) in [4.78, 5) is 26.1. The average Bonchev–Trinajstić information content (AvgIpc) is 1.79. The molecule has 2 bridgehead atoms. The van der Waals surface area contributed by atoms with Crippen LogP contribution in [-0.2, 0) is 47.5 Å². The fraction of sp³-hybridized carbons (Fsp3) is 0.733. The van der Waals surface area contributed by atoms with Gasteiger partial charge in [0.2, 0.25) is 5.79 Å². The van der Waals surface area contributed by atoms with Gasteiger partial charge >= 0.3 is 11.9 Å². The van der Waals surface area contributed by atoms with E-state index >= 15 is 0 Å². The second-order valence-electron chi connectivity index (χ2n) is 23.5. The lowest BCUT2D eigenvalue weighted by molar-refractivity contribution is -0.368. The molecule has 4 unspecified atom stereocenters. The van der Waals surface area contributed by atoms with Gasteiger partial charge in [0.05, 0.1) is 106 Å². The Morgan fingerprint density at radius 2 is 1.22 bits per heavy atom. The van der Waals surface area contributed by atoms with Crippen molar-refractivity contribution in [3.05, 3.63) is 85.1 Å². The van der Waals surface area contributed by atoms with Crippen LogP contribution >= 0.6 is 0 Å². The van der Waals surface area contributed by atoms with Gasteiger partial charge in [-0.05, 0) is 33.1 Å². The highest BCUT2D eigenvalue weighted by molar-refractivity contribution is 5.74. The number of hydrogen-bond donors (Lipinski definition) is 18. The van der Waals surface area contributed by atoms with Gasteiger partial charge in [-0.25, -0.2) is 0 Å². The molecule has 4 saturated heterocycles. The third-order valence-corrected chi connectivity index (χ3v) is 16.5. The van der Waals surface area contributed by atoms with Crippen molar-refractivity contribution >= 4 is 11.9 Å². The lowest BCUT2D eigenvalue weighted by Gasteiger charge is -2.48. The summed E-state index contributed by atoms with van der Waals surface area (Å²) in [6.07, 6.45) is -14.0. The zero-order chi connectivity index (χ0) is 65.2. The van der Waals surface area contributed by atoms with Crippen LogP contribution in [0.15, 0.2) is 85.1 Å². The third-order valence-electron chi connectivity index (χ3n) is 16.5. The summed E-state index contributed by atoms with van der Waals surface area (Å²) in [7, 11) is 1.06. The molecule has 0 saturated carbocycles. The molecule has 0 aromatic heterocycles. The number of aliphatic hydroxyl groups excluding tert-OH is 15. The lowest BCUT2D eigenvalue weighted by Crippen LogP contribution is -2.70. The van der Waals surface area contributed by atoms with Crippen molar-refractivity contribution in [3.8, 4) is 0 Å². The first kappa shape index (κ1) is 74.9. The molecule has 0 amide bonds. The summed E-state index contributed by atoms with van der Waals surface area (Å²) in [5, 5.41) is 189. The van der Waals surface area contributed by atoms with Crippen LogP contribution in [-0.4, -0.2) is 278 Å². The fourth-order valence-electron chi connectivity index (χ4n) is 11.1. The first-order valence-corrected chi connectivity index (χ1v) is 29.7. The standard InChI is InChI=1S/C60H95NO27/c1-31-18-16-14-12-10-8-6-7-9-11-13-15-17-19-38(85-57-51(74)47(49(72)34(4)84-57)61-30-60(80)55(77)54(42(69)29-82-60)87-58-53(76)52(75)50(73)44(28-62)86-58)25-43-46(56(78)81-5)41(68)27-59(79,88-43)26-37(65)23-40(67)39(66)21-20-35(63)22-36(64)24-45(70)83-33(3)32(2)48(31)71/h6-19,31-44,46-55,57-58,61-69,71-77,79-80H,20-30H2,1-5H3/b7-6+,10-8+,11-9+,14-12+,15-13+,18-16+,19-17+/t31-,32?,33-,34+,35+,36+,37-,38-,39+,40+,41-,42+,43?,44+,46?,47-,48+,49+,50+,51-,52-,53+,54+,55-,57?,58+,59+,60+/m0/s1. The predicted octanol–water partition coefficient (Wildman–Crippen LogP) is -3.94. The number of fused-ring (bicyclic) bond motifs is 2. The molecule has 0 spiro atoms. The Morgan fingerprint density at radius 1 is 0.614 bits per heavy atom. The van der Waals surface area contributed by atoms with E-state index in [-0.39, 0.29) is 25.2 Å². The van der Waals surface area contributed by atoms with Crippen molar-refractivity contribution in [2.45, 2.75) is 231 Å². The molecule has 0 radical (unpaired) electrons. The molecule has 0 aliphatic carbocycles. The number of hydrogen-bond acceptors (Lipinski definition) is 28. The Bertz CT molecular complexity index is 2340. The predicted molar refractivity (Wildman–Crippen MR) is 307 cm³/mol. The molecule has 0 aromatic carbocycles. The number of nitrogens with one attached hydrogen (secondary N) is 1. The van der Waals surface area contributed by atoms with E-state index < -0.39 is 228 Å². The van der Waals surface area contributed by atoms with E-state index in [0.29, 0.717) is 0 Å². The number of carbonyl (C=O) groups is 2. The monoisotopic (exact) mass is 1260 g/mol. The van der Waals surface area contributed by atoms with Crippen LogP contribution in [0.1, 0.15) is 79.1 Å². The fourth-order valence-corrected chi connectivity index (χ4v) is 11.1. The summed E-state index contributed by atoms with van der Waals surface area (Å²) in [6, 6.07) is -1.47. The van der Waals surface area contributed by atoms with Gasteiger partial charge < -0.3 is 130 Å². The highest BCUT2D eigenvalue weighted by atomic mass is 16.7. The van der Waals surface area contributed by atoms with E-state index in [1.165, 1.54) is 19.1 Å². The van der Waals surface area contributed by atoms with E-state index in [1.54, 1.807) is 86.8 Å². The summed E-state index contributed by atoms with van der Waals surface area (Å²) >= 11 is 0. The molecule has 88 heavy (non-hydrogen) atoms. The number of allylic oxidation sites excluding steroid dienone is 12. The van der Waals surface area contributed by atoms with Crippen molar-refractivity contribution in [1.82, 2.24) is 5.32 Å². The van der Waals surface area contributed by atoms with E-state index in [9.17, 15) is 96.4 Å². The summed E-state index contributed by atoms with van der Waals surface area (Å²) in [5.41, 5.74) is 0. The average molecular weight is 1260 g/mol. The highest BCUT2D eigenvalue weighted by Crippen LogP contribution is 2.39. The first-order chi connectivity index (χ1) is 41.5. The minimum absolute atomic E-state index is 0.155. The molecular formula is C60H95NO27. The smallest absolute Gasteiger partial charge is 0.313 e. The van der Waals surface area contributed by atoms with Crippen LogP contribution in [0.25, 0.3) is 0 Å². The molecule has 5 aliphatic rings. The van der Waals surface area contributed by atoms with Gasteiger partial charge in [-0.3, -0.25) is 9.59 Å². The van der Waals surface area contributed by atoms with Gasteiger partial charge in [-0.1, -0.05) is 98.9 Å². The Hall–Kier alpha value is -3.84. The van der Waals surface area contributed by atoms with Crippen molar-refractivity contribution in [2.24, 2.45) is 17.8 Å². The van der Waals surface area contributed by atoms with Crippen molar-refractivity contribution < 1.29 is 134 Å². The van der Waals surface area contributed by atoms with Crippen molar-refractivity contribution in [1.29, 1.82) is 0 Å². The maximum absolute atomic E-state index is 13.4. The molecular weight excluding hydrogens is 1170 g/mol. The number of methoxy groups -OCH3 is 1. The molecule has 28 nitrogen and oxygen atoms in total. The maximum atomic E-state index is 13.4. The molecule has 0 aromatic rings. The number of ether oxygens (including phenoxy) is 8. The number of aliphatic hydroxyl groups is 17. The molecule has 502 valence electrons. The Balaban J connectivity index is 1.38. The van der Waals surface area contributed by atoms with Crippen LogP contribution in [0.5, 0.6) is 0 Å². The van der Waals surface area contributed by atoms with E-state index in [0.717, 1.165) is 7.11 Å². The van der Waals surface area contributed by atoms with Crippen LogP contribution in [0.4, 0.5) is 0 Å². The SMILES string of the molecule is COC(=O)C1C2C[C@@H](OC3O[C@H](C)[C@@H](O)[C@H](NC[C@@]4(O)OC[C@@H](O)[C@@H](O[C@H]5O[C@H](CO)[C@@H](O)[C@H](O)[C@H]5O)[C@@H]4O)[C@@H]3O)/C=C/C=C/C=C/C=C/C=C/C=C/C=C/[C@H](C)[C@@H](O)C(C)[C@H](C)OC(=O)C[C@H](O)C[C@H](O)CC[C@@H](O)[C@H](O)C[C@H](O)C[C@](O)(C[C@@H]1O)O2. The number of cyclic esters (lactones) is 1. The summed E-state index contributed by atoms with van der Waals surface area (Å²) in [5.74, 6) is -9.14. The van der Waals surface area contributed by atoms with Crippen LogP contribution in [0, 0.1) is 17.8 Å². The quantitative estimate of drug-likeness (QED) is 0.0980. The zero-order valence-corrected chi connectivity index (χ0v) is 50.1. The van der Waals surface area contributed by atoms with Crippen molar-refractivity contribution in [2.75, 3.05) is 26.9 Å². The Kier molecular flexibility index (Phi) is 30.0. The van der Waals surface area contributed by atoms with Crippen LogP contribution < -0.4 is 5.32 Å². The number of carbonyl (C=O) groups excluding carboxylic acids is 2. The van der Waals surface area contributed by atoms with Crippen LogP contribution in [0.2, 0.25) is 0 Å². The number of rotatable bonds is 9. The van der Waals surface area contributed by atoms with E-state index in [4.69, 9.17) is 37.9 Å². The highest BCUT2D eigenvalue weighted by Gasteiger charge is 2.55. The first-order valence-electron chi connectivity index (χ1n) is 29.7. The van der Waals surface area contributed by atoms with Gasteiger partial charge in [0.15, 0.2) is 18.4 Å². The minimum atomic E-state index is -2.67. The maximum Gasteiger partial charge on any atom is 0.313 e. The van der Waals surface area contributed by atoms with Gasteiger partial charge in [0, 0.05) is 37.5 Å². The number of esters is 2. The van der Waals surface area contributed by atoms with Crippen LogP contribution in [0.3, 0.4) is 0 Å². The second-order valence-corrected chi connectivity index (χ2v) is 23.5. The van der Waals surface area contributed by atoms with Gasteiger partial charge in [-0.2, -0.15) is 0 Å². The molecule has 18 N–H and O–H groups in total. The molecule has 5 aliphatic heterocycles. The van der Waals surface area contributed by atoms with Crippen molar-refractivity contribution in [3.63, 3.8) is 0 Å². The van der Waals surface area contributed by atoms with Gasteiger partial charge in [0.1, 0.15) is 60.9 Å². The lowest BCUT2D eigenvalue weighted by atomic mass is 9.82. The minimum Gasteiger partial charge on any atom is -0.469 e. The van der Waals surface area contributed by atoms with E-state index in [2.05, 4.69) is 5.32 Å². The molecule has 28 atom stereocenters. The van der Waals surface area contributed by atoms with E-state index in [1.807, 2.05) is 6.92 Å². The molecule has 5 rings (SSSR count). The zero-order valence-electron chi connectivity index (χ0n) is 50.1. The molecule has 28 heteroatoms. The Labute approximate surface area is 511 Å². The molecule has 4 fully saturated rings.